The Kier molecular flexibility index (Phi) is 4.45. The maximum Gasteiger partial charge on any atom is 0.0627 e. The molecule has 0 aromatic carbocycles. The van der Waals surface area contributed by atoms with Gasteiger partial charge < -0.3 is 5.32 Å². The van der Waals surface area contributed by atoms with E-state index in [1.54, 1.807) is 0 Å². The molecule has 20 heavy (non-hydrogen) atoms. The summed E-state index contributed by atoms with van der Waals surface area (Å²) in [5.74, 6) is 1.59. The quantitative estimate of drug-likeness (QED) is 0.910. The van der Waals surface area contributed by atoms with Gasteiger partial charge in [0.25, 0.3) is 0 Å². The molecule has 3 unspecified atom stereocenters. The third-order valence-corrected chi connectivity index (χ3v) is 5.68. The van der Waals surface area contributed by atoms with E-state index < -0.39 is 0 Å². The van der Waals surface area contributed by atoms with Crippen molar-refractivity contribution in [1.29, 1.82) is 0 Å². The van der Waals surface area contributed by atoms with Crippen LogP contribution in [-0.4, -0.2) is 22.9 Å². The van der Waals surface area contributed by atoms with Crippen molar-refractivity contribution in [3.8, 4) is 0 Å². The van der Waals surface area contributed by atoms with Crippen molar-refractivity contribution in [2.24, 2.45) is 11.8 Å². The molecule has 0 spiro atoms. The highest BCUT2D eigenvalue weighted by atomic mass is 15.3. The molecule has 1 N–H and O–H groups in total. The molecule has 0 aliphatic heterocycles. The summed E-state index contributed by atoms with van der Waals surface area (Å²) in [5, 5.41) is 8.34. The zero-order valence-corrected chi connectivity index (χ0v) is 13.0. The summed E-state index contributed by atoms with van der Waals surface area (Å²) < 4.78 is 2.25. The molecule has 3 heteroatoms. The molecule has 1 aromatic rings. The van der Waals surface area contributed by atoms with Crippen LogP contribution in [0.3, 0.4) is 0 Å². The van der Waals surface area contributed by atoms with Gasteiger partial charge in [-0.15, -0.1) is 0 Å². The molecule has 3 nitrogen and oxygen atoms in total. The van der Waals surface area contributed by atoms with E-state index >= 15 is 0 Å². The van der Waals surface area contributed by atoms with Crippen LogP contribution in [0.2, 0.25) is 0 Å². The normalized spacial score (nSPS) is 31.8. The van der Waals surface area contributed by atoms with E-state index in [1.807, 2.05) is 0 Å². The molecule has 2 aliphatic rings. The Labute approximate surface area is 123 Å². The fraction of sp³-hybridized carbons (Fsp3) is 0.824. The Bertz CT molecular complexity index is 420. The Morgan fingerprint density at radius 2 is 2.00 bits per heavy atom. The maximum atomic E-state index is 4.88. The van der Waals surface area contributed by atoms with Gasteiger partial charge in [0.1, 0.15) is 0 Å². The maximum absolute atomic E-state index is 4.88. The number of rotatable bonds is 4. The Morgan fingerprint density at radius 3 is 2.70 bits per heavy atom. The van der Waals surface area contributed by atoms with Gasteiger partial charge >= 0.3 is 0 Å². The van der Waals surface area contributed by atoms with Crippen LogP contribution in [0.15, 0.2) is 12.3 Å². The molecule has 3 atom stereocenters. The van der Waals surface area contributed by atoms with Gasteiger partial charge in [-0.2, -0.15) is 5.10 Å². The lowest BCUT2D eigenvalue weighted by molar-refractivity contribution is 0.324. The third-order valence-electron chi connectivity index (χ3n) is 5.68. The zero-order valence-electron chi connectivity index (χ0n) is 13.0. The van der Waals surface area contributed by atoms with E-state index in [0.29, 0.717) is 12.1 Å². The summed E-state index contributed by atoms with van der Waals surface area (Å²) in [7, 11) is 2.10. The van der Waals surface area contributed by atoms with Crippen LogP contribution in [0.4, 0.5) is 0 Å². The molecule has 2 saturated carbocycles. The van der Waals surface area contributed by atoms with Crippen molar-refractivity contribution >= 4 is 0 Å². The monoisotopic (exact) mass is 275 g/mol. The van der Waals surface area contributed by atoms with Crippen LogP contribution in [0.5, 0.6) is 0 Å². The van der Waals surface area contributed by atoms with Crippen molar-refractivity contribution in [2.75, 3.05) is 7.05 Å². The second kappa shape index (κ2) is 6.30. The van der Waals surface area contributed by atoms with Gasteiger partial charge in [0, 0.05) is 12.2 Å². The average Bonchev–Trinajstić information content (AvgIpc) is 3.08. The summed E-state index contributed by atoms with van der Waals surface area (Å²) in [4.78, 5) is 0. The predicted molar refractivity (Wildman–Crippen MR) is 82.8 cm³/mol. The lowest BCUT2D eigenvalue weighted by atomic mass is 9.91. The average molecular weight is 275 g/mol. The highest BCUT2D eigenvalue weighted by Gasteiger charge is 2.32. The van der Waals surface area contributed by atoms with Gasteiger partial charge in [-0.1, -0.05) is 26.2 Å². The van der Waals surface area contributed by atoms with Crippen LogP contribution < -0.4 is 5.32 Å². The Morgan fingerprint density at radius 1 is 1.20 bits per heavy atom. The number of aromatic nitrogens is 2. The van der Waals surface area contributed by atoms with Crippen molar-refractivity contribution in [2.45, 2.75) is 70.4 Å². The summed E-state index contributed by atoms with van der Waals surface area (Å²) in [6.45, 7) is 2.40. The summed E-state index contributed by atoms with van der Waals surface area (Å²) >= 11 is 0. The highest BCUT2D eigenvalue weighted by molar-refractivity contribution is 5.03. The number of nitrogens with zero attached hydrogens (tertiary/aromatic N) is 2. The molecule has 1 heterocycles. The van der Waals surface area contributed by atoms with E-state index in [1.165, 1.54) is 57.1 Å². The zero-order chi connectivity index (χ0) is 13.9. The first-order valence-corrected chi connectivity index (χ1v) is 8.49. The van der Waals surface area contributed by atoms with Crippen LogP contribution >= 0.6 is 0 Å². The molecular formula is C17H29N3. The van der Waals surface area contributed by atoms with Gasteiger partial charge in [-0.3, -0.25) is 4.68 Å². The minimum Gasteiger partial charge on any atom is -0.317 e. The van der Waals surface area contributed by atoms with Crippen molar-refractivity contribution < 1.29 is 0 Å². The fourth-order valence-corrected chi connectivity index (χ4v) is 4.25. The third kappa shape index (κ3) is 2.93. The van der Waals surface area contributed by atoms with Gasteiger partial charge in [0.05, 0.1) is 11.7 Å². The standard InChI is InChI=1S/C17H29N3/c1-13-14(8-9-17(13)18-2)12-15-10-11-20(19-15)16-6-4-3-5-7-16/h10-11,13-14,16-18H,3-9,12H2,1-2H3. The molecular weight excluding hydrogens is 246 g/mol. The summed E-state index contributed by atoms with van der Waals surface area (Å²) in [6.07, 6.45) is 12.9. The number of hydrogen-bond acceptors (Lipinski definition) is 2. The molecule has 0 saturated heterocycles. The first-order valence-electron chi connectivity index (χ1n) is 8.49. The molecule has 0 radical (unpaired) electrons. The molecule has 0 amide bonds. The van der Waals surface area contributed by atoms with E-state index in [9.17, 15) is 0 Å². The minimum atomic E-state index is 0.670. The predicted octanol–water partition coefficient (Wildman–Crippen LogP) is 3.56. The molecule has 1 aromatic heterocycles. The molecule has 2 fully saturated rings. The lowest BCUT2D eigenvalue weighted by Crippen LogP contribution is -2.29. The van der Waals surface area contributed by atoms with Gasteiger partial charge in [-0.25, -0.2) is 0 Å². The number of hydrogen-bond donors (Lipinski definition) is 1. The summed E-state index contributed by atoms with van der Waals surface area (Å²) in [6, 6.07) is 3.64. The molecule has 3 rings (SSSR count). The van der Waals surface area contributed by atoms with E-state index in [0.717, 1.165) is 11.8 Å². The summed E-state index contributed by atoms with van der Waals surface area (Å²) in [5.41, 5.74) is 1.31. The Hall–Kier alpha value is -0.830. The fourth-order valence-electron chi connectivity index (χ4n) is 4.25. The highest BCUT2D eigenvalue weighted by Crippen LogP contribution is 2.34. The number of nitrogens with one attached hydrogen (secondary N) is 1. The van der Waals surface area contributed by atoms with Crippen LogP contribution in [0.25, 0.3) is 0 Å². The minimum absolute atomic E-state index is 0.670. The Balaban J connectivity index is 1.60. The second-order valence-electron chi connectivity index (χ2n) is 6.87. The van der Waals surface area contributed by atoms with Crippen molar-refractivity contribution in [1.82, 2.24) is 15.1 Å². The first-order chi connectivity index (χ1) is 9.78. The van der Waals surface area contributed by atoms with Gasteiger partial charge in [0.15, 0.2) is 0 Å². The van der Waals surface area contributed by atoms with Crippen LogP contribution in [-0.2, 0) is 6.42 Å². The van der Waals surface area contributed by atoms with E-state index in [-0.39, 0.29) is 0 Å². The lowest BCUT2D eigenvalue weighted by Gasteiger charge is -2.22. The van der Waals surface area contributed by atoms with Gasteiger partial charge in [-0.05, 0) is 57.1 Å². The van der Waals surface area contributed by atoms with Crippen molar-refractivity contribution in [3.05, 3.63) is 18.0 Å². The smallest absolute Gasteiger partial charge is 0.0627 e. The van der Waals surface area contributed by atoms with Crippen LogP contribution in [0.1, 0.15) is 63.6 Å². The first kappa shape index (κ1) is 14.1. The molecule has 2 aliphatic carbocycles. The van der Waals surface area contributed by atoms with E-state index in [4.69, 9.17) is 5.10 Å². The molecule has 112 valence electrons. The van der Waals surface area contributed by atoms with Crippen molar-refractivity contribution in [3.63, 3.8) is 0 Å². The van der Waals surface area contributed by atoms with Crippen LogP contribution in [0, 0.1) is 11.8 Å². The largest absolute Gasteiger partial charge is 0.317 e. The molecule has 0 bridgehead atoms. The van der Waals surface area contributed by atoms with Gasteiger partial charge in [0.2, 0.25) is 0 Å². The SMILES string of the molecule is CNC1CCC(Cc2ccn(C3CCCCC3)n2)C1C. The van der Waals surface area contributed by atoms with E-state index in [2.05, 4.69) is 36.2 Å². The second-order valence-corrected chi connectivity index (χ2v) is 6.87. The topological polar surface area (TPSA) is 29.9 Å².